The summed E-state index contributed by atoms with van der Waals surface area (Å²) in [6.07, 6.45) is 0. The quantitative estimate of drug-likeness (QED) is 0.782. The van der Waals surface area contributed by atoms with Gasteiger partial charge in [-0.3, -0.25) is 9.59 Å². The third-order valence-electron chi connectivity index (χ3n) is 5.22. The van der Waals surface area contributed by atoms with Crippen LogP contribution in [0.25, 0.3) is 0 Å². The van der Waals surface area contributed by atoms with E-state index in [1.165, 1.54) is 24.3 Å². The standard InChI is InChI=1S/C22H17F2N3O3/c1-2-30-21(29)22(12-26)18(13-3-7-15(23)8-4-13)17(11-25)20(28)27-19(22)14-5-9-16(24)10-6-14/h3-10,17-19H,2H2,1H3,(H,27,28). The van der Waals surface area contributed by atoms with Gasteiger partial charge in [0.1, 0.15) is 17.6 Å². The summed E-state index contributed by atoms with van der Waals surface area (Å²) >= 11 is 0. The van der Waals surface area contributed by atoms with Crippen molar-refractivity contribution in [1.29, 1.82) is 10.5 Å². The van der Waals surface area contributed by atoms with Gasteiger partial charge < -0.3 is 10.1 Å². The average molecular weight is 409 g/mol. The Morgan fingerprint density at radius 2 is 1.60 bits per heavy atom. The van der Waals surface area contributed by atoms with Gasteiger partial charge in [0.05, 0.1) is 24.8 Å². The number of halogens is 2. The van der Waals surface area contributed by atoms with Gasteiger partial charge in [-0.1, -0.05) is 24.3 Å². The first-order valence-corrected chi connectivity index (χ1v) is 9.18. The van der Waals surface area contributed by atoms with E-state index < -0.39 is 46.8 Å². The smallest absolute Gasteiger partial charge is 0.329 e. The molecule has 4 atom stereocenters. The second-order valence-corrected chi connectivity index (χ2v) is 6.83. The Labute approximate surface area is 171 Å². The summed E-state index contributed by atoms with van der Waals surface area (Å²) in [7, 11) is 0. The third-order valence-corrected chi connectivity index (χ3v) is 5.22. The number of rotatable bonds is 4. The van der Waals surface area contributed by atoms with E-state index in [0.717, 1.165) is 24.3 Å². The van der Waals surface area contributed by atoms with Crippen molar-refractivity contribution >= 4 is 11.9 Å². The molecule has 0 radical (unpaired) electrons. The van der Waals surface area contributed by atoms with Gasteiger partial charge in [-0.05, 0) is 42.3 Å². The molecular weight excluding hydrogens is 392 g/mol. The van der Waals surface area contributed by atoms with Gasteiger partial charge in [0.25, 0.3) is 0 Å². The lowest BCUT2D eigenvalue weighted by Gasteiger charge is -2.45. The highest BCUT2D eigenvalue weighted by molar-refractivity contribution is 5.92. The molecule has 3 rings (SSSR count). The van der Waals surface area contributed by atoms with Crippen LogP contribution in [-0.4, -0.2) is 18.5 Å². The minimum atomic E-state index is -2.04. The molecule has 1 amide bonds. The zero-order valence-electron chi connectivity index (χ0n) is 15.9. The number of hydrogen-bond donors (Lipinski definition) is 1. The summed E-state index contributed by atoms with van der Waals surface area (Å²) in [5, 5.41) is 22.5. The van der Waals surface area contributed by atoms with Crippen molar-refractivity contribution in [3.8, 4) is 12.1 Å². The summed E-state index contributed by atoms with van der Waals surface area (Å²) in [4.78, 5) is 25.9. The van der Waals surface area contributed by atoms with Gasteiger partial charge >= 0.3 is 5.97 Å². The Morgan fingerprint density at radius 1 is 1.07 bits per heavy atom. The van der Waals surface area contributed by atoms with Crippen LogP contribution in [0.3, 0.4) is 0 Å². The molecule has 0 saturated carbocycles. The fourth-order valence-corrected chi connectivity index (χ4v) is 3.87. The lowest BCUT2D eigenvalue weighted by atomic mass is 9.59. The van der Waals surface area contributed by atoms with Crippen LogP contribution < -0.4 is 5.32 Å². The predicted molar refractivity (Wildman–Crippen MR) is 100 cm³/mol. The van der Waals surface area contributed by atoms with E-state index in [2.05, 4.69) is 5.32 Å². The van der Waals surface area contributed by atoms with Crippen molar-refractivity contribution in [3.05, 3.63) is 71.3 Å². The first kappa shape index (κ1) is 20.9. The number of amides is 1. The van der Waals surface area contributed by atoms with E-state index in [9.17, 15) is 28.9 Å². The SMILES string of the molecule is CCOC(=O)C1(C#N)C(c2ccc(F)cc2)NC(=O)C(C#N)C1c1ccc(F)cc1. The van der Waals surface area contributed by atoms with E-state index in [1.807, 2.05) is 12.1 Å². The van der Waals surface area contributed by atoms with Crippen molar-refractivity contribution in [2.24, 2.45) is 11.3 Å². The van der Waals surface area contributed by atoms with E-state index in [1.54, 1.807) is 6.92 Å². The number of nitrogens with one attached hydrogen (secondary N) is 1. The maximum Gasteiger partial charge on any atom is 0.329 e. The highest BCUT2D eigenvalue weighted by Crippen LogP contribution is 2.53. The van der Waals surface area contributed by atoms with E-state index in [-0.39, 0.29) is 12.2 Å². The number of benzene rings is 2. The van der Waals surface area contributed by atoms with Gasteiger partial charge in [-0.15, -0.1) is 0 Å². The van der Waals surface area contributed by atoms with Gasteiger partial charge in [0.15, 0.2) is 5.41 Å². The molecule has 4 unspecified atom stereocenters. The molecule has 0 aromatic heterocycles. The Balaban J connectivity index is 2.30. The molecule has 8 heteroatoms. The summed E-state index contributed by atoms with van der Waals surface area (Å²) in [5.74, 6) is -5.37. The molecule has 1 saturated heterocycles. The van der Waals surface area contributed by atoms with Crippen LogP contribution in [0.2, 0.25) is 0 Å². The Hall–Kier alpha value is -3.78. The molecule has 1 heterocycles. The lowest BCUT2D eigenvalue weighted by Crippen LogP contribution is -2.58. The number of nitriles is 2. The Kier molecular flexibility index (Phi) is 5.79. The molecule has 6 nitrogen and oxygen atoms in total. The number of ether oxygens (including phenoxy) is 1. The van der Waals surface area contributed by atoms with Crippen LogP contribution >= 0.6 is 0 Å². The lowest BCUT2D eigenvalue weighted by molar-refractivity contribution is -0.159. The zero-order valence-corrected chi connectivity index (χ0v) is 15.9. The van der Waals surface area contributed by atoms with Crippen LogP contribution in [0.1, 0.15) is 30.0 Å². The zero-order chi connectivity index (χ0) is 21.9. The van der Waals surface area contributed by atoms with Crippen LogP contribution in [0.5, 0.6) is 0 Å². The molecular formula is C22H17F2N3O3. The fraction of sp³-hybridized carbons (Fsp3) is 0.273. The van der Waals surface area contributed by atoms with Crippen molar-refractivity contribution in [2.75, 3.05) is 6.61 Å². The predicted octanol–water partition coefficient (Wildman–Crippen LogP) is 3.13. The summed E-state index contributed by atoms with van der Waals surface area (Å²) in [6, 6.07) is 12.5. The first-order chi connectivity index (χ1) is 14.4. The minimum Gasteiger partial charge on any atom is -0.465 e. The van der Waals surface area contributed by atoms with Gasteiger partial charge in [-0.25, -0.2) is 8.78 Å². The number of hydrogen-bond acceptors (Lipinski definition) is 5. The highest BCUT2D eigenvalue weighted by atomic mass is 19.1. The largest absolute Gasteiger partial charge is 0.465 e. The molecule has 30 heavy (non-hydrogen) atoms. The first-order valence-electron chi connectivity index (χ1n) is 9.18. The molecule has 0 aliphatic carbocycles. The number of piperidine rings is 1. The topological polar surface area (TPSA) is 103 Å². The second-order valence-electron chi connectivity index (χ2n) is 6.83. The Bertz CT molecular complexity index is 1040. The number of nitrogens with zero attached hydrogens (tertiary/aromatic N) is 2. The van der Waals surface area contributed by atoms with Gasteiger partial charge in [0.2, 0.25) is 5.91 Å². The Morgan fingerprint density at radius 3 is 2.07 bits per heavy atom. The van der Waals surface area contributed by atoms with E-state index in [4.69, 9.17) is 4.74 Å². The highest BCUT2D eigenvalue weighted by Gasteiger charge is 2.62. The molecule has 1 aliphatic heterocycles. The monoisotopic (exact) mass is 409 g/mol. The average Bonchev–Trinajstić information content (AvgIpc) is 2.74. The molecule has 1 N–H and O–H groups in total. The van der Waals surface area contributed by atoms with Crippen LogP contribution in [0.4, 0.5) is 8.78 Å². The van der Waals surface area contributed by atoms with Gasteiger partial charge in [-0.2, -0.15) is 10.5 Å². The molecule has 1 aliphatic rings. The second kappa shape index (κ2) is 8.30. The molecule has 2 aromatic carbocycles. The number of carbonyl (C=O) groups is 2. The van der Waals surface area contributed by atoms with E-state index in [0.29, 0.717) is 5.56 Å². The van der Waals surface area contributed by atoms with E-state index >= 15 is 0 Å². The maximum atomic E-state index is 13.5. The normalized spacial score (nSPS) is 25.5. The fourth-order valence-electron chi connectivity index (χ4n) is 3.87. The van der Waals surface area contributed by atoms with Crippen molar-refractivity contribution in [1.82, 2.24) is 5.32 Å². The van der Waals surface area contributed by atoms with Crippen LogP contribution in [-0.2, 0) is 14.3 Å². The summed E-state index contributed by atoms with van der Waals surface area (Å²) in [6.45, 7) is 1.52. The molecule has 0 spiro atoms. The summed E-state index contributed by atoms with van der Waals surface area (Å²) in [5.41, 5.74) is -1.48. The van der Waals surface area contributed by atoms with Gasteiger partial charge in [0, 0.05) is 5.92 Å². The van der Waals surface area contributed by atoms with Crippen LogP contribution in [0.15, 0.2) is 48.5 Å². The van der Waals surface area contributed by atoms with Crippen molar-refractivity contribution in [3.63, 3.8) is 0 Å². The molecule has 0 bridgehead atoms. The molecule has 2 aromatic rings. The minimum absolute atomic E-state index is 0.0420. The third kappa shape index (κ3) is 3.37. The van der Waals surface area contributed by atoms with Crippen molar-refractivity contribution in [2.45, 2.75) is 18.9 Å². The number of carbonyl (C=O) groups excluding carboxylic acids is 2. The van der Waals surface area contributed by atoms with Crippen LogP contribution in [0, 0.1) is 45.6 Å². The summed E-state index contributed by atoms with van der Waals surface area (Å²) < 4.78 is 32.1. The maximum absolute atomic E-state index is 13.5. The number of esters is 1. The molecule has 152 valence electrons. The molecule has 1 fully saturated rings. The van der Waals surface area contributed by atoms with Crippen molar-refractivity contribution < 1.29 is 23.1 Å².